The van der Waals surface area contributed by atoms with E-state index in [1.54, 1.807) is 0 Å². The first-order chi connectivity index (χ1) is 9.94. The smallest absolute Gasteiger partial charge is 0.0829 e. The van der Waals surface area contributed by atoms with Gasteiger partial charge in [-0.3, -0.25) is 9.80 Å². The van der Waals surface area contributed by atoms with Crippen LogP contribution in [0.3, 0.4) is 0 Å². The molecule has 3 unspecified atom stereocenters. The van der Waals surface area contributed by atoms with Crippen LogP contribution in [-0.2, 0) is 4.74 Å². The maximum atomic E-state index is 6.02. The third-order valence-electron chi connectivity index (χ3n) is 5.16. The van der Waals surface area contributed by atoms with Gasteiger partial charge in [0.25, 0.3) is 0 Å². The summed E-state index contributed by atoms with van der Waals surface area (Å²) in [6, 6.07) is 1.23. The highest BCUT2D eigenvalue weighted by molar-refractivity contribution is 4.92. The minimum atomic E-state index is 0.319. The van der Waals surface area contributed by atoms with Gasteiger partial charge in [-0.05, 0) is 18.4 Å². The molecule has 0 aromatic carbocycles. The van der Waals surface area contributed by atoms with Gasteiger partial charge in [-0.25, -0.2) is 0 Å². The van der Waals surface area contributed by atoms with E-state index in [1.807, 2.05) is 0 Å². The molecule has 1 N–H and O–H groups in total. The third-order valence-corrected chi connectivity index (χ3v) is 5.16. The lowest BCUT2D eigenvalue weighted by molar-refractivity contribution is -0.0553. The fourth-order valence-corrected chi connectivity index (χ4v) is 3.50. The lowest BCUT2D eigenvalue weighted by Crippen LogP contribution is -2.62. The van der Waals surface area contributed by atoms with Gasteiger partial charge >= 0.3 is 0 Å². The molecule has 2 heterocycles. The number of likely N-dealkylation sites (N-methyl/N-ethyl adjacent to an activating group) is 1. The standard InChI is InChI=1S/C17H35N3O/c1-6-14-10-18-16(17(3,4)5)13-20(14)12-15-11-19(7-2)8-9-21-15/h14-16,18H,6-13H2,1-5H3. The molecule has 21 heavy (non-hydrogen) atoms. The molecule has 3 atom stereocenters. The van der Waals surface area contributed by atoms with Crippen LogP contribution in [-0.4, -0.2) is 73.9 Å². The van der Waals surface area contributed by atoms with E-state index in [1.165, 1.54) is 6.42 Å². The molecule has 0 amide bonds. The maximum Gasteiger partial charge on any atom is 0.0829 e. The van der Waals surface area contributed by atoms with Crippen molar-refractivity contribution in [3.63, 3.8) is 0 Å². The van der Waals surface area contributed by atoms with Crippen LogP contribution < -0.4 is 5.32 Å². The summed E-state index contributed by atoms with van der Waals surface area (Å²) < 4.78 is 6.02. The molecule has 0 radical (unpaired) electrons. The Morgan fingerprint density at radius 3 is 2.57 bits per heavy atom. The van der Waals surface area contributed by atoms with Gasteiger partial charge in [0.05, 0.1) is 12.7 Å². The van der Waals surface area contributed by atoms with Crippen molar-refractivity contribution >= 4 is 0 Å². The van der Waals surface area contributed by atoms with E-state index in [-0.39, 0.29) is 0 Å². The van der Waals surface area contributed by atoms with E-state index in [0.717, 1.165) is 45.9 Å². The zero-order valence-electron chi connectivity index (χ0n) is 14.7. The Morgan fingerprint density at radius 2 is 1.95 bits per heavy atom. The zero-order valence-corrected chi connectivity index (χ0v) is 14.7. The van der Waals surface area contributed by atoms with Crippen LogP contribution in [0, 0.1) is 5.41 Å². The summed E-state index contributed by atoms with van der Waals surface area (Å²) in [5.74, 6) is 0. The molecule has 0 aromatic heterocycles. The molecular formula is C17H35N3O. The van der Waals surface area contributed by atoms with Gasteiger partial charge in [0, 0.05) is 44.8 Å². The number of hydrogen-bond acceptors (Lipinski definition) is 4. The first kappa shape index (κ1) is 17.2. The molecular weight excluding hydrogens is 262 g/mol. The summed E-state index contributed by atoms with van der Waals surface area (Å²) in [6.07, 6.45) is 1.60. The van der Waals surface area contributed by atoms with Crippen molar-refractivity contribution in [2.75, 3.05) is 45.9 Å². The third kappa shape index (κ3) is 4.65. The molecule has 2 fully saturated rings. The number of nitrogens with zero attached hydrogens (tertiary/aromatic N) is 2. The van der Waals surface area contributed by atoms with E-state index in [2.05, 4.69) is 49.7 Å². The molecule has 2 rings (SSSR count). The zero-order chi connectivity index (χ0) is 15.5. The van der Waals surface area contributed by atoms with Crippen LogP contribution in [0.15, 0.2) is 0 Å². The average Bonchev–Trinajstić information content (AvgIpc) is 2.46. The molecule has 4 heteroatoms. The minimum Gasteiger partial charge on any atom is -0.374 e. The van der Waals surface area contributed by atoms with E-state index < -0.39 is 0 Å². The molecule has 0 aliphatic carbocycles. The average molecular weight is 297 g/mol. The van der Waals surface area contributed by atoms with Crippen molar-refractivity contribution in [1.82, 2.24) is 15.1 Å². The van der Waals surface area contributed by atoms with Crippen molar-refractivity contribution in [3.8, 4) is 0 Å². The molecule has 0 saturated carbocycles. The van der Waals surface area contributed by atoms with Crippen molar-refractivity contribution in [2.24, 2.45) is 5.41 Å². The summed E-state index contributed by atoms with van der Waals surface area (Å²) >= 11 is 0. The Labute approximate surface area is 131 Å². The van der Waals surface area contributed by atoms with Gasteiger partial charge in [-0.2, -0.15) is 0 Å². The number of morpholine rings is 1. The van der Waals surface area contributed by atoms with Crippen LogP contribution in [0.2, 0.25) is 0 Å². The quantitative estimate of drug-likeness (QED) is 0.856. The van der Waals surface area contributed by atoms with Gasteiger partial charge in [-0.15, -0.1) is 0 Å². The van der Waals surface area contributed by atoms with E-state index in [9.17, 15) is 0 Å². The van der Waals surface area contributed by atoms with Crippen LogP contribution in [0.5, 0.6) is 0 Å². The molecule has 124 valence electrons. The first-order valence-corrected chi connectivity index (χ1v) is 8.75. The Morgan fingerprint density at radius 1 is 1.19 bits per heavy atom. The summed E-state index contributed by atoms with van der Waals surface area (Å²) in [5, 5.41) is 3.75. The van der Waals surface area contributed by atoms with Gasteiger partial charge < -0.3 is 10.1 Å². The predicted molar refractivity (Wildman–Crippen MR) is 88.8 cm³/mol. The highest BCUT2D eigenvalue weighted by Gasteiger charge is 2.35. The van der Waals surface area contributed by atoms with Gasteiger partial charge in [0.15, 0.2) is 0 Å². The fourth-order valence-electron chi connectivity index (χ4n) is 3.50. The van der Waals surface area contributed by atoms with Gasteiger partial charge in [0.2, 0.25) is 0 Å². The van der Waals surface area contributed by atoms with Crippen molar-refractivity contribution in [3.05, 3.63) is 0 Å². The molecule has 2 aliphatic heterocycles. The maximum absolute atomic E-state index is 6.02. The Hall–Kier alpha value is -0.160. The van der Waals surface area contributed by atoms with Gasteiger partial charge in [0.1, 0.15) is 0 Å². The molecule has 0 aromatic rings. The number of ether oxygens (including phenoxy) is 1. The van der Waals surface area contributed by atoms with Crippen molar-refractivity contribution in [2.45, 2.75) is 59.2 Å². The number of piperazine rings is 1. The van der Waals surface area contributed by atoms with Crippen LogP contribution in [0.4, 0.5) is 0 Å². The molecule has 4 nitrogen and oxygen atoms in total. The van der Waals surface area contributed by atoms with E-state index in [4.69, 9.17) is 4.74 Å². The van der Waals surface area contributed by atoms with E-state index in [0.29, 0.717) is 23.6 Å². The number of hydrogen-bond donors (Lipinski definition) is 1. The normalized spacial score (nSPS) is 33.3. The first-order valence-electron chi connectivity index (χ1n) is 8.75. The summed E-state index contributed by atoms with van der Waals surface area (Å²) in [7, 11) is 0. The second-order valence-corrected chi connectivity index (χ2v) is 7.73. The molecule has 0 spiro atoms. The summed E-state index contributed by atoms with van der Waals surface area (Å²) in [6.45, 7) is 19.1. The molecule has 2 saturated heterocycles. The lowest BCUT2D eigenvalue weighted by atomic mass is 9.84. The molecule has 2 aliphatic rings. The summed E-state index contributed by atoms with van der Waals surface area (Å²) in [4.78, 5) is 5.19. The molecule has 0 bridgehead atoms. The van der Waals surface area contributed by atoms with Crippen molar-refractivity contribution < 1.29 is 4.74 Å². The minimum absolute atomic E-state index is 0.319. The summed E-state index contributed by atoms with van der Waals surface area (Å²) in [5.41, 5.74) is 0.319. The van der Waals surface area contributed by atoms with Crippen molar-refractivity contribution in [1.29, 1.82) is 0 Å². The van der Waals surface area contributed by atoms with Crippen LogP contribution >= 0.6 is 0 Å². The lowest BCUT2D eigenvalue weighted by Gasteiger charge is -2.46. The van der Waals surface area contributed by atoms with Gasteiger partial charge in [-0.1, -0.05) is 34.6 Å². The second-order valence-electron chi connectivity index (χ2n) is 7.73. The SMILES string of the molecule is CCC1CNC(C(C)(C)C)CN1CC1CN(CC)CCO1. The second kappa shape index (κ2) is 7.40. The Balaban J connectivity index is 1.94. The largest absolute Gasteiger partial charge is 0.374 e. The fraction of sp³-hybridized carbons (Fsp3) is 1.00. The van der Waals surface area contributed by atoms with Crippen LogP contribution in [0.1, 0.15) is 41.0 Å². The Kier molecular flexibility index (Phi) is 6.06. The van der Waals surface area contributed by atoms with E-state index >= 15 is 0 Å². The highest BCUT2D eigenvalue weighted by atomic mass is 16.5. The predicted octanol–water partition coefficient (Wildman–Crippen LogP) is 1.81. The number of rotatable bonds is 4. The monoisotopic (exact) mass is 297 g/mol. The number of nitrogens with one attached hydrogen (secondary N) is 1. The van der Waals surface area contributed by atoms with Crippen LogP contribution in [0.25, 0.3) is 0 Å². The highest BCUT2D eigenvalue weighted by Crippen LogP contribution is 2.24. The Bertz CT molecular complexity index is 316. The topological polar surface area (TPSA) is 27.7 Å².